The summed E-state index contributed by atoms with van der Waals surface area (Å²) in [5, 5.41) is 0. The Balaban J connectivity index is 4.59. The highest BCUT2D eigenvalue weighted by Crippen LogP contribution is 2.13. The quantitative estimate of drug-likeness (QED) is 0.0261. The molecule has 402 valence electrons. The van der Waals surface area contributed by atoms with Gasteiger partial charge < -0.3 is 14.2 Å². The van der Waals surface area contributed by atoms with E-state index in [2.05, 4.69) is 130 Å². The van der Waals surface area contributed by atoms with Crippen LogP contribution in [0.1, 0.15) is 252 Å². The van der Waals surface area contributed by atoms with E-state index in [1.54, 1.807) is 0 Å². The molecule has 0 aromatic carbocycles. The molecule has 0 unspecified atom stereocenters. The number of carbonyl (C=O) groups excluding carboxylic acids is 3. The van der Waals surface area contributed by atoms with Gasteiger partial charge in [-0.1, -0.05) is 239 Å². The summed E-state index contributed by atoms with van der Waals surface area (Å²) in [5.41, 5.74) is 0. The molecule has 6 nitrogen and oxygen atoms in total. The molecule has 6 heteroatoms. The van der Waals surface area contributed by atoms with Crippen molar-refractivity contribution in [2.45, 2.75) is 258 Å². The van der Waals surface area contributed by atoms with E-state index in [1.807, 2.05) is 12.2 Å². The second-order valence-electron chi connectivity index (χ2n) is 18.8. The van der Waals surface area contributed by atoms with E-state index in [9.17, 15) is 14.4 Å². The summed E-state index contributed by atoms with van der Waals surface area (Å²) in [6.07, 6.45) is 80.6. The third-order valence-electron chi connectivity index (χ3n) is 11.9. The molecule has 0 fully saturated rings. The van der Waals surface area contributed by atoms with Gasteiger partial charge in [0.2, 0.25) is 0 Å². The monoisotopic (exact) mass is 983 g/mol. The van der Waals surface area contributed by atoms with Crippen molar-refractivity contribution in [2.24, 2.45) is 0 Å². The summed E-state index contributed by atoms with van der Waals surface area (Å²) in [7, 11) is 0. The smallest absolute Gasteiger partial charge is 0.306 e. The maximum atomic E-state index is 12.8. The number of hydrogen-bond acceptors (Lipinski definition) is 6. The molecular formula is C65H106O6. The van der Waals surface area contributed by atoms with Crippen molar-refractivity contribution in [3.8, 4) is 0 Å². The van der Waals surface area contributed by atoms with Gasteiger partial charge in [-0.3, -0.25) is 14.4 Å². The highest BCUT2D eigenvalue weighted by atomic mass is 16.6. The second-order valence-corrected chi connectivity index (χ2v) is 18.8. The van der Waals surface area contributed by atoms with Crippen molar-refractivity contribution in [1.29, 1.82) is 0 Å². The van der Waals surface area contributed by atoms with Crippen molar-refractivity contribution < 1.29 is 28.6 Å². The van der Waals surface area contributed by atoms with Gasteiger partial charge in [-0.05, 0) is 116 Å². The zero-order chi connectivity index (χ0) is 51.4. The van der Waals surface area contributed by atoms with Gasteiger partial charge in [0.15, 0.2) is 6.10 Å². The Hall–Kier alpha value is -4.19. The average Bonchev–Trinajstić information content (AvgIpc) is 3.37. The summed E-state index contributed by atoms with van der Waals surface area (Å²) in [6, 6.07) is 0. The lowest BCUT2D eigenvalue weighted by molar-refractivity contribution is -0.166. The van der Waals surface area contributed by atoms with Crippen molar-refractivity contribution in [3.63, 3.8) is 0 Å². The highest BCUT2D eigenvalue weighted by molar-refractivity contribution is 5.71. The fourth-order valence-corrected chi connectivity index (χ4v) is 7.60. The number of rotatable bonds is 51. The maximum absolute atomic E-state index is 12.8. The van der Waals surface area contributed by atoms with Crippen LogP contribution in [0.25, 0.3) is 0 Å². The van der Waals surface area contributed by atoms with Crippen LogP contribution in [-0.4, -0.2) is 37.2 Å². The third-order valence-corrected chi connectivity index (χ3v) is 11.9. The topological polar surface area (TPSA) is 78.9 Å². The zero-order valence-electron chi connectivity index (χ0n) is 45.9. The molecular weight excluding hydrogens is 877 g/mol. The molecule has 0 rings (SSSR count). The van der Waals surface area contributed by atoms with Crippen LogP contribution < -0.4 is 0 Å². The second kappa shape index (κ2) is 58.4. The minimum Gasteiger partial charge on any atom is -0.462 e. The summed E-state index contributed by atoms with van der Waals surface area (Å²) in [6.45, 7) is 6.40. The van der Waals surface area contributed by atoms with Crippen LogP contribution in [-0.2, 0) is 28.6 Å². The van der Waals surface area contributed by atoms with Crippen molar-refractivity contribution in [1.82, 2.24) is 0 Å². The molecule has 1 atom stereocenters. The van der Waals surface area contributed by atoms with Crippen LogP contribution in [0, 0.1) is 0 Å². The summed E-state index contributed by atoms with van der Waals surface area (Å²) in [5.74, 6) is -1.07. The molecule has 0 saturated carbocycles. The van der Waals surface area contributed by atoms with E-state index < -0.39 is 6.10 Å². The minimum atomic E-state index is -0.841. The van der Waals surface area contributed by atoms with Gasteiger partial charge in [-0.15, -0.1) is 0 Å². The van der Waals surface area contributed by atoms with Crippen LogP contribution in [0.4, 0.5) is 0 Å². The molecule has 0 aromatic heterocycles. The Kier molecular flexibility index (Phi) is 54.9. The molecule has 0 bridgehead atoms. The van der Waals surface area contributed by atoms with Crippen LogP contribution in [0.15, 0.2) is 122 Å². The normalized spacial score (nSPS) is 13.0. The molecule has 0 amide bonds. The predicted octanol–water partition coefficient (Wildman–Crippen LogP) is 19.6. The van der Waals surface area contributed by atoms with Gasteiger partial charge in [-0.25, -0.2) is 0 Å². The first-order chi connectivity index (χ1) is 35.0. The molecule has 0 N–H and O–H groups in total. The van der Waals surface area contributed by atoms with E-state index in [1.165, 1.54) is 122 Å². The lowest BCUT2D eigenvalue weighted by Gasteiger charge is -2.18. The van der Waals surface area contributed by atoms with Crippen LogP contribution in [0.5, 0.6) is 0 Å². The SMILES string of the molecule is CC/C=C\C/C=C\C/C=C\C/C=C\C/C=C\C/C=C\CCC(=O)OC[C@H](COC(=O)CCCCCCCCC/C=C\CCCCCCCC)OC(=O)CCC/C=C\C/C=C\C/C=C\CCCCCCCC. The third kappa shape index (κ3) is 56.6. The van der Waals surface area contributed by atoms with Crippen LogP contribution >= 0.6 is 0 Å². The van der Waals surface area contributed by atoms with E-state index in [-0.39, 0.29) is 44.0 Å². The Morgan fingerprint density at radius 2 is 0.592 bits per heavy atom. The predicted molar refractivity (Wildman–Crippen MR) is 306 cm³/mol. The van der Waals surface area contributed by atoms with Crippen LogP contribution in [0.2, 0.25) is 0 Å². The van der Waals surface area contributed by atoms with Gasteiger partial charge in [0.1, 0.15) is 13.2 Å². The molecule has 0 saturated heterocycles. The van der Waals surface area contributed by atoms with Gasteiger partial charge in [0.05, 0.1) is 0 Å². The number of allylic oxidation sites excluding steroid dienone is 20. The maximum Gasteiger partial charge on any atom is 0.306 e. The average molecular weight is 984 g/mol. The van der Waals surface area contributed by atoms with Crippen molar-refractivity contribution in [2.75, 3.05) is 13.2 Å². The Morgan fingerprint density at radius 1 is 0.296 bits per heavy atom. The van der Waals surface area contributed by atoms with Crippen LogP contribution in [0.3, 0.4) is 0 Å². The Bertz CT molecular complexity index is 1500. The fraction of sp³-hybridized carbons (Fsp3) is 0.646. The number of ether oxygens (including phenoxy) is 3. The molecule has 0 aliphatic rings. The zero-order valence-corrected chi connectivity index (χ0v) is 45.9. The van der Waals surface area contributed by atoms with E-state index in [4.69, 9.17) is 14.2 Å². The van der Waals surface area contributed by atoms with E-state index in [0.29, 0.717) is 19.3 Å². The Labute approximate surface area is 437 Å². The summed E-state index contributed by atoms with van der Waals surface area (Å²) in [4.78, 5) is 38.1. The minimum absolute atomic E-state index is 0.126. The molecule has 0 radical (unpaired) electrons. The van der Waals surface area contributed by atoms with Gasteiger partial charge in [-0.2, -0.15) is 0 Å². The summed E-state index contributed by atoms with van der Waals surface area (Å²) < 4.78 is 16.7. The Morgan fingerprint density at radius 3 is 1.00 bits per heavy atom. The fourth-order valence-electron chi connectivity index (χ4n) is 7.60. The largest absolute Gasteiger partial charge is 0.462 e. The van der Waals surface area contributed by atoms with Gasteiger partial charge in [0, 0.05) is 19.3 Å². The molecule has 0 heterocycles. The molecule has 0 aromatic rings. The first-order valence-corrected chi connectivity index (χ1v) is 29.0. The van der Waals surface area contributed by atoms with Gasteiger partial charge in [0.25, 0.3) is 0 Å². The molecule has 71 heavy (non-hydrogen) atoms. The lowest BCUT2D eigenvalue weighted by Crippen LogP contribution is -2.30. The van der Waals surface area contributed by atoms with E-state index in [0.717, 1.165) is 77.0 Å². The van der Waals surface area contributed by atoms with Gasteiger partial charge >= 0.3 is 17.9 Å². The van der Waals surface area contributed by atoms with E-state index >= 15 is 0 Å². The number of carbonyl (C=O) groups is 3. The number of unbranched alkanes of at least 4 members (excludes halogenated alkanes) is 20. The summed E-state index contributed by atoms with van der Waals surface area (Å²) >= 11 is 0. The molecule has 0 aliphatic carbocycles. The van der Waals surface area contributed by atoms with Crippen molar-refractivity contribution >= 4 is 17.9 Å². The number of hydrogen-bond donors (Lipinski definition) is 0. The first kappa shape index (κ1) is 66.8. The lowest BCUT2D eigenvalue weighted by atomic mass is 10.1. The number of esters is 3. The molecule has 0 aliphatic heterocycles. The first-order valence-electron chi connectivity index (χ1n) is 29.0. The standard InChI is InChI=1S/C65H106O6/c1-4-7-10-13-16-19-22-25-28-31-32-35-37-40-43-46-49-52-55-58-64(67)70-61-62(71-65(68)59-56-53-50-47-44-41-38-34-30-27-24-21-18-15-12-9-6-3)60-69-63(66)57-54-51-48-45-42-39-36-33-29-26-23-20-17-14-11-8-5-2/h7,10,16,19,25-30,32,35,38,40-41,43,47,49-50,52,62H,4-6,8-9,11-15,17-18,20-24,31,33-34,36-37,39,42,44-46,48,51,53-61H2,1-3H3/b10-7-,19-16-,28-25-,29-26-,30-27-,35-32-,41-38-,43-40-,50-47-,52-49-/t62-/m0/s1. The highest BCUT2D eigenvalue weighted by Gasteiger charge is 2.19. The van der Waals surface area contributed by atoms with Crippen molar-refractivity contribution in [3.05, 3.63) is 122 Å². The molecule has 0 spiro atoms.